The third-order valence-corrected chi connectivity index (χ3v) is 2.43. The molecule has 0 atom stereocenters. The molecule has 0 saturated heterocycles. The molecule has 0 fully saturated rings. The Morgan fingerprint density at radius 1 is 1.40 bits per heavy atom. The van der Waals surface area contributed by atoms with Crippen LogP contribution in [0.15, 0.2) is 18.2 Å². The highest BCUT2D eigenvalue weighted by Gasteiger charge is 2.16. The molecule has 1 aromatic rings. The maximum Gasteiger partial charge on any atom is 0.106 e. The Morgan fingerprint density at radius 3 is 3.00 bits per heavy atom. The number of nitriles is 2. The van der Waals surface area contributed by atoms with Crippen LogP contribution in [0.4, 0.5) is 11.4 Å². The van der Waals surface area contributed by atoms with Crippen molar-refractivity contribution >= 4 is 11.4 Å². The lowest BCUT2D eigenvalue weighted by Gasteiger charge is -2.30. The first-order chi connectivity index (χ1) is 7.35. The molecular weight excluding hydrogens is 188 g/mol. The summed E-state index contributed by atoms with van der Waals surface area (Å²) in [6.07, 6.45) is 0. The van der Waals surface area contributed by atoms with Gasteiger partial charge in [0, 0.05) is 13.1 Å². The predicted octanol–water partition coefficient (Wildman–Crippen LogP) is 1.31. The number of nitrogens with zero attached hydrogens (tertiary/aromatic N) is 3. The second kappa shape index (κ2) is 3.89. The number of hydrogen-bond acceptors (Lipinski definition) is 4. The molecule has 0 aromatic heterocycles. The lowest BCUT2D eigenvalue weighted by Crippen LogP contribution is -2.34. The largest absolute Gasteiger partial charge is 0.382 e. The molecule has 1 aliphatic heterocycles. The summed E-state index contributed by atoms with van der Waals surface area (Å²) < 4.78 is 0. The summed E-state index contributed by atoms with van der Waals surface area (Å²) in [6, 6.07) is 9.72. The Morgan fingerprint density at radius 2 is 2.27 bits per heavy atom. The van der Waals surface area contributed by atoms with Crippen LogP contribution in [0.25, 0.3) is 0 Å². The number of benzene rings is 1. The van der Waals surface area contributed by atoms with E-state index in [1.165, 1.54) is 0 Å². The van der Waals surface area contributed by atoms with E-state index in [1.807, 2.05) is 17.0 Å². The van der Waals surface area contributed by atoms with Crippen molar-refractivity contribution in [3.63, 3.8) is 0 Å². The Hall–Kier alpha value is -2.20. The third-order valence-electron chi connectivity index (χ3n) is 2.43. The van der Waals surface area contributed by atoms with Crippen molar-refractivity contribution in [1.29, 1.82) is 10.5 Å². The van der Waals surface area contributed by atoms with Crippen LogP contribution in [0, 0.1) is 22.7 Å². The van der Waals surface area contributed by atoms with Crippen LogP contribution in [-0.4, -0.2) is 19.6 Å². The molecule has 2 rings (SSSR count). The average molecular weight is 198 g/mol. The van der Waals surface area contributed by atoms with Crippen LogP contribution >= 0.6 is 0 Å². The van der Waals surface area contributed by atoms with Gasteiger partial charge < -0.3 is 10.2 Å². The molecule has 74 valence electrons. The first kappa shape index (κ1) is 9.36. The molecule has 0 bridgehead atoms. The van der Waals surface area contributed by atoms with Crippen LogP contribution in [0.1, 0.15) is 5.56 Å². The van der Waals surface area contributed by atoms with Gasteiger partial charge >= 0.3 is 0 Å². The average Bonchev–Trinajstić information content (AvgIpc) is 2.29. The lowest BCUT2D eigenvalue weighted by molar-refractivity contribution is 0.847. The second-order valence-corrected chi connectivity index (χ2v) is 3.35. The molecular formula is C11H10N4. The first-order valence-electron chi connectivity index (χ1n) is 4.75. The van der Waals surface area contributed by atoms with Gasteiger partial charge in [-0.2, -0.15) is 10.5 Å². The van der Waals surface area contributed by atoms with Crippen LogP contribution in [0.5, 0.6) is 0 Å². The van der Waals surface area contributed by atoms with Gasteiger partial charge in [-0.05, 0) is 18.2 Å². The van der Waals surface area contributed by atoms with Gasteiger partial charge in [-0.25, -0.2) is 0 Å². The van der Waals surface area contributed by atoms with Crippen LogP contribution in [0.3, 0.4) is 0 Å². The predicted molar refractivity (Wildman–Crippen MR) is 57.5 cm³/mol. The van der Waals surface area contributed by atoms with Crippen molar-refractivity contribution < 1.29 is 0 Å². The normalized spacial score (nSPS) is 13.3. The molecule has 0 spiro atoms. The van der Waals surface area contributed by atoms with E-state index < -0.39 is 0 Å². The zero-order valence-corrected chi connectivity index (χ0v) is 8.20. The lowest BCUT2D eigenvalue weighted by atomic mass is 10.1. The molecule has 4 heteroatoms. The monoisotopic (exact) mass is 198 g/mol. The fraction of sp³-hybridized carbons (Fsp3) is 0.273. The Labute approximate surface area is 88.3 Å². The van der Waals surface area contributed by atoms with E-state index in [2.05, 4.69) is 17.5 Å². The first-order valence-corrected chi connectivity index (χ1v) is 4.75. The minimum Gasteiger partial charge on any atom is -0.382 e. The molecule has 0 unspecified atom stereocenters. The summed E-state index contributed by atoms with van der Waals surface area (Å²) >= 11 is 0. The van der Waals surface area contributed by atoms with Crippen molar-refractivity contribution in [3.8, 4) is 12.1 Å². The number of nitrogens with one attached hydrogen (secondary N) is 1. The number of hydrogen-bond donors (Lipinski definition) is 1. The van der Waals surface area contributed by atoms with E-state index in [0.29, 0.717) is 12.1 Å². The molecule has 4 nitrogen and oxygen atoms in total. The van der Waals surface area contributed by atoms with Gasteiger partial charge in [0.2, 0.25) is 0 Å². The topological polar surface area (TPSA) is 62.9 Å². The van der Waals surface area contributed by atoms with E-state index in [4.69, 9.17) is 10.5 Å². The molecule has 1 aliphatic rings. The van der Waals surface area contributed by atoms with Gasteiger partial charge in [-0.15, -0.1) is 0 Å². The SMILES string of the molecule is N#CCN1CCNc2ccc(C#N)cc21. The zero-order valence-electron chi connectivity index (χ0n) is 8.20. The minimum absolute atomic E-state index is 0.365. The van der Waals surface area contributed by atoms with E-state index >= 15 is 0 Å². The van der Waals surface area contributed by atoms with Crippen molar-refractivity contribution in [1.82, 2.24) is 0 Å². The fourth-order valence-electron chi connectivity index (χ4n) is 1.71. The van der Waals surface area contributed by atoms with Gasteiger partial charge in [0.25, 0.3) is 0 Å². The van der Waals surface area contributed by atoms with Crippen molar-refractivity contribution in [3.05, 3.63) is 23.8 Å². The molecule has 1 aromatic carbocycles. The molecule has 1 heterocycles. The summed E-state index contributed by atoms with van der Waals surface area (Å²) in [5, 5.41) is 20.7. The van der Waals surface area contributed by atoms with Gasteiger partial charge in [0.15, 0.2) is 0 Å². The molecule has 0 aliphatic carbocycles. The van der Waals surface area contributed by atoms with Crippen LogP contribution in [0.2, 0.25) is 0 Å². The zero-order chi connectivity index (χ0) is 10.7. The molecule has 0 amide bonds. The summed E-state index contributed by atoms with van der Waals surface area (Å²) in [4.78, 5) is 1.98. The Kier molecular flexibility index (Phi) is 2.43. The molecule has 1 N–H and O–H groups in total. The van der Waals surface area contributed by atoms with Crippen molar-refractivity contribution in [2.24, 2.45) is 0 Å². The maximum atomic E-state index is 8.80. The third kappa shape index (κ3) is 1.70. The number of rotatable bonds is 1. The highest BCUT2D eigenvalue weighted by atomic mass is 15.2. The quantitative estimate of drug-likeness (QED) is 0.691. The van der Waals surface area contributed by atoms with Crippen LogP contribution < -0.4 is 10.2 Å². The van der Waals surface area contributed by atoms with Crippen molar-refractivity contribution in [2.75, 3.05) is 29.9 Å². The standard InChI is InChI=1S/C11H10N4/c12-3-5-15-6-4-14-10-2-1-9(8-13)7-11(10)15/h1-2,7,14H,4-6H2. The van der Waals surface area contributed by atoms with Gasteiger partial charge in [-0.1, -0.05) is 0 Å². The van der Waals surface area contributed by atoms with Crippen LogP contribution in [-0.2, 0) is 0 Å². The van der Waals surface area contributed by atoms with E-state index in [9.17, 15) is 0 Å². The maximum absolute atomic E-state index is 8.80. The number of fused-ring (bicyclic) bond motifs is 1. The fourth-order valence-corrected chi connectivity index (χ4v) is 1.71. The smallest absolute Gasteiger partial charge is 0.106 e. The molecule has 15 heavy (non-hydrogen) atoms. The van der Waals surface area contributed by atoms with E-state index in [-0.39, 0.29) is 0 Å². The Bertz CT molecular complexity index is 453. The van der Waals surface area contributed by atoms with Gasteiger partial charge in [-0.3, -0.25) is 0 Å². The Balaban J connectivity index is 2.41. The second-order valence-electron chi connectivity index (χ2n) is 3.35. The van der Waals surface area contributed by atoms with Gasteiger partial charge in [0.1, 0.15) is 6.54 Å². The van der Waals surface area contributed by atoms with E-state index in [0.717, 1.165) is 24.5 Å². The highest BCUT2D eigenvalue weighted by molar-refractivity contribution is 5.74. The summed E-state index contributed by atoms with van der Waals surface area (Å²) in [6.45, 7) is 2.00. The minimum atomic E-state index is 0.365. The van der Waals surface area contributed by atoms with Crippen molar-refractivity contribution in [2.45, 2.75) is 0 Å². The highest BCUT2D eigenvalue weighted by Crippen LogP contribution is 2.29. The molecule has 0 saturated carbocycles. The summed E-state index contributed by atoms with van der Waals surface area (Å²) in [7, 11) is 0. The summed E-state index contributed by atoms with van der Waals surface area (Å²) in [5.41, 5.74) is 2.57. The summed E-state index contributed by atoms with van der Waals surface area (Å²) in [5.74, 6) is 0. The number of anilines is 2. The van der Waals surface area contributed by atoms with Gasteiger partial charge in [0.05, 0.1) is 29.1 Å². The molecule has 0 radical (unpaired) electrons. The van der Waals surface area contributed by atoms with E-state index in [1.54, 1.807) is 6.07 Å².